The van der Waals surface area contributed by atoms with Crippen molar-refractivity contribution in [1.29, 1.82) is 0 Å². The number of aryl methyl sites for hydroxylation is 1. The predicted molar refractivity (Wildman–Crippen MR) is 61.9 cm³/mol. The van der Waals surface area contributed by atoms with Crippen LogP contribution >= 0.6 is 0 Å². The number of benzene rings is 1. The summed E-state index contributed by atoms with van der Waals surface area (Å²) in [6.07, 6.45) is 5.23. The van der Waals surface area contributed by atoms with Crippen molar-refractivity contribution in [1.82, 2.24) is 9.55 Å². The summed E-state index contributed by atoms with van der Waals surface area (Å²) in [6, 6.07) is 4.55. The quantitative estimate of drug-likeness (QED) is 0.806. The van der Waals surface area contributed by atoms with Crippen LogP contribution in [0.4, 0.5) is 10.1 Å². The SMILES string of the molecule is CCCc1cncn1-c1cc(N)ccc1F. The molecule has 16 heavy (non-hydrogen) atoms. The average molecular weight is 219 g/mol. The van der Waals surface area contributed by atoms with E-state index < -0.39 is 0 Å². The van der Waals surface area contributed by atoms with Gasteiger partial charge in [0.05, 0.1) is 12.0 Å². The molecule has 2 N–H and O–H groups in total. The number of nitrogens with two attached hydrogens (primary N) is 1. The summed E-state index contributed by atoms with van der Waals surface area (Å²) in [5.74, 6) is -0.287. The number of imidazole rings is 1. The van der Waals surface area contributed by atoms with Crippen LogP contribution in [0.2, 0.25) is 0 Å². The molecule has 0 aliphatic carbocycles. The number of aromatic nitrogens is 2. The van der Waals surface area contributed by atoms with Gasteiger partial charge in [0.1, 0.15) is 5.82 Å². The predicted octanol–water partition coefficient (Wildman–Crippen LogP) is 2.55. The molecule has 0 aliphatic heterocycles. The largest absolute Gasteiger partial charge is 0.399 e. The zero-order valence-electron chi connectivity index (χ0n) is 9.15. The first kappa shape index (κ1) is 10.7. The summed E-state index contributed by atoms with van der Waals surface area (Å²) in [7, 11) is 0. The van der Waals surface area contributed by atoms with Gasteiger partial charge in [-0.15, -0.1) is 0 Å². The van der Waals surface area contributed by atoms with Gasteiger partial charge in [0, 0.05) is 17.6 Å². The van der Waals surface area contributed by atoms with Crippen LogP contribution in [0.15, 0.2) is 30.7 Å². The lowest BCUT2D eigenvalue weighted by atomic mass is 10.2. The maximum atomic E-state index is 13.6. The van der Waals surface area contributed by atoms with E-state index in [2.05, 4.69) is 11.9 Å². The van der Waals surface area contributed by atoms with Crippen molar-refractivity contribution in [3.8, 4) is 5.69 Å². The van der Waals surface area contributed by atoms with Crippen molar-refractivity contribution < 1.29 is 4.39 Å². The second-order valence-electron chi connectivity index (χ2n) is 3.72. The fourth-order valence-corrected chi connectivity index (χ4v) is 1.69. The van der Waals surface area contributed by atoms with Gasteiger partial charge in [-0.2, -0.15) is 0 Å². The van der Waals surface area contributed by atoms with Gasteiger partial charge >= 0.3 is 0 Å². The van der Waals surface area contributed by atoms with Crippen molar-refractivity contribution in [2.45, 2.75) is 19.8 Å². The standard InChI is InChI=1S/C12H14FN3/c1-2-3-10-7-15-8-16(10)12-6-9(14)4-5-11(12)13/h4-8H,2-3,14H2,1H3. The van der Waals surface area contributed by atoms with E-state index in [-0.39, 0.29) is 5.82 Å². The second-order valence-corrected chi connectivity index (χ2v) is 3.72. The molecule has 0 amide bonds. The van der Waals surface area contributed by atoms with Crippen LogP contribution in [0.3, 0.4) is 0 Å². The fourth-order valence-electron chi connectivity index (χ4n) is 1.69. The van der Waals surface area contributed by atoms with Gasteiger partial charge in [-0.25, -0.2) is 9.37 Å². The van der Waals surface area contributed by atoms with Crippen LogP contribution in [-0.2, 0) is 6.42 Å². The van der Waals surface area contributed by atoms with Crippen LogP contribution in [0.25, 0.3) is 5.69 Å². The van der Waals surface area contributed by atoms with Gasteiger partial charge in [-0.1, -0.05) is 13.3 Å². The molecule has 0 fully saturated rings. The molecule has 0 saturated heterocycles. The molecule has 1 aromatic heterocycles. The highest BCUT2D eigenvalue weighted by molar-refractivity contribution is 5.49. The van der Waals surface area contributed by atoms with Crippen molar-refractivity contribution in [2.24, 2.45) is 0 Å². The minimum atomic E-state index is -0.287. The summed E-state index contributed by atoms with van der Waals surface area (Å²) in [6.45, 7) is 2.08. The van der Waals surface area contributed by atoms with Gasteiger partial charge in [0.15, 0.2) is 0 Å². The van der Waals surface area contributed by atoms with Crippen LogP contribution < -0.4 is 5.73 Å². The average Bonchev–Trinajstić information content (AvgIpc) is 2.70. The molecule has 2 aromatic rings. The summed E-state index contributed by atoms with van der Waals surface area (Å²) < 4.78 is 15.4. The zero-order valence-corrected chi connectivity index (χ0v) is 9.15. The van der Waals surface area contributed by atoms with E-state index in [1.54, 1.807) is 29.2 Å². The number of anilines is 1. The van der Waals surface area contributed by atoms with Crippen molar-refractivity contribution in [3.05, 3.63) is 42.2 Å². The Hall–Kier alpha value is -1.84. The smallest absolute Gasteiger partial charge is 0.147 e. The number of rotatable bonds is 3. The lowest BCUT2D eigenvalue weighted by Gasteiger charge is -2.09. The van der Waals surface area contributed by atoms with Crippen molar-refractivity contribution in [3.63, 3.8) is 0 Å². The number of nitrogen functional groups attached to an aromatic ring is 1. The molecule has 0 spiro atoms. The molecular weight excluding hydrogens is 205 g/mol. The van der Waals surface area contributed by atoms with Crippen LogP contribution in [0.5, 0.6) is 0 Å². The van der Waals surface area contributed by atoms with E-state index >= 15 is 0 Å². The third-order valence-corrected chi connectivity index (χ3v) is 2.45. The molecule has 1 aromatic carbocycles. The molecule has 0 atom stereocenters. The fraction of sp³-hybridized carbons (Fsp3) is 0.250. The lowest BCUT2D eigenvalue weighted by Crippen LogP contribution is -2.02. The molecule has 4 heteroatoms. The molecule has 3 nitrogen and oxygen atoms in total. The summed E-state index contributed by atoms with van der Waals surface area (Å²) in [5, 5.41) is 0. The van der Waals surface area contributed by atoms with Crippen LogP contribution in [-0.4, -0.2) is 9.55 Å². The van der Waals surface area contributed by atoms with E-state index in [0.717, 1.165) is 18.5 Å². The molecule has 0 saturated carbocycles. The first-order chi connectivity index (χ1) is 7.72. The number of hydrogen-bond donors (Lipinski definition) is 1. The Morgan fingerprint density at radius 3 is 3.00 bits per heavy atom. The highest BCUT2D eigenvalue weighted by Gasteiger charge is 2.08. The number of halogens is 1. The van der Waals surface area contributed by atoms with E-state index in [4.69, 9.17) is 5.73 Å². The summed E-state index contributed by atoms with van der Waals surface area (Å²) in [4.78, 5) is 4.04. The van der Waals surface area contributed by atoms with Crippen molar-refractivity contribution in [2.75, 3.05) is 5.73 Å². The number of hydrogen-bond acceptors (Lipinski definition) is 2. The Labute approximate surface area is 93.7 Å². The van der Waals surface area contributed by atoms with E-state index in [1.807, 2.05) is 0 Å². The highest BCUT2D eigenvalue weighted by atomic mass is 19.1. The van der Waals surface area contributed by atoms with E-state index in [1.165, 1.54) is 6.07 Å². The third-order valence-electron chi connectivity index (χ3n) is 2.45. The Kier molecular flexibility index (Phi) is 2.90. The lowest BCUT2D eigenvalue weighted by molar-refractivity contribution is 0.615. The molecular formula is C12H14FN3. The van der Waals surface area contributed by atoms with Gasteiger partial charge in [0.2, 0.25) is 0 Å². The summed E-state index contributed by atoms with van der Waals surface area (Å²) >= 11 is 0. The second kappa shape index (κ2) is 4.35. The molecule has 0 aliphatic rings. The molecule has 0 unspecified atom stereocenters. The van der Waals surface area contributed by atoms with Crippen LogP contribution in [0, 0.1) is 5.82 Å². The molecule has 84 valence electrons. The maximum Gasteiger partial charge on any atom is 0.147 e. The van der Waals surface area contributed by atoms with Crippen molar-refractivity contribution >= 4 is 5.69 Å². The Morgan fingerprint density at radius 2 is 2.25 bits per heavy atom. The van der Waals surface area contributed by atoms with Gasteiger partial charge in [0.25, 0.3) is 0 Å². The maximum absolute atomic E-state index is 13.6. The Balaban J connectivity index is 2.49. The third kappa shape index (κ3) is 1.91. The van der Waals surface area contributed by atoms with Gasteiger partial charge < -0.3 is 10.3 Å². The van der Waals surface area contributed by atoms with Crippen LogP contribution in [0.1, 0.15) is 19.0 Å². The molecule has 2 rings (SSSR count). The summed E-state index contributed by atoms with van der Waals surface area (Å²) in [5.41, 5.74) is 7.66. The Morgan fingerprint density at radius 1 is 1.44 bits per heavy atom. The molecule has 0 bridgehead atoms. The minimum Gasteiger partial charge on any atom is -0.399 e. The first-order valence-corrected chi connectivity index (χ1v) is 5.29. The van der Waals surface area contributed by atoms with Gasteiger partial charge in [-0.05, 0) is 24.6 Å². The number of nitrogens with zero attached hydrogens (tertiary/aromatic N) is 2. The monoisotopic (exact) mass is 219 g/mol. The Bertz CT molecular complexity index is 491. The minimum absolute atomic E-state index is 0.287. The zero-order chi connectivity index (χ0) is 11.5. The highest BCUT2D eigenvalue weighted by Crippen LogP contribution is 2.19. The molecule has 0 radical (unpaired) electrons. The van der Waals surface area contributed by atoms with E-state index in [0.29, 0.717) is 11.4 Å². The normalized spacial score (nSPS) is 10.6. The topological polar surface area (TPSA) is 43.8 Å². The molecule has 1 heterocycles. The first-order valence-electron chi connectivity index (χ1n) is 5.29. The van der Waals surface area contributed by atoms with Gasteiger partial charge in [-0.3, -0.25) is 0 Å². The van der Waals surface area contributed by atoms with E-state index in [9.17, 15) is 4.39 Å².